The highest BCUT2D eigenvalue weighted by molar-refractivity contribution is 7.99. The van der Waals surface area contributed by atoms with Gasteiger partial charge < -0.3 is 5.43 Å². The molecule has 1 aromatic carbocycles. The number of benzene rings is 1. The van der Waals surface area contributed by atoms with Crippen LogP contribution in [-0.4, -0.2) is 19.7 Å². The van der Waals surface area contributed by atoms with E-state index >= 15 is 0 Å². The van der Waals surface area contributed by atoms with Crippen LogP contribution in [0.1, 0.15) is 0 Å². The molecule has 0 aliphatic heterocycles. The quantitative estimate of drug-likeness (QED) is 0.443. The van der Waals surface area contributed by atoms with Gasteiger partial charge in [0.2, 0.25) is 0 Å². The first kappa shape index (κ1) is 14.6. The summed E-state index contributed by atoms with van der Waals surface area (Å²) in [4.78, 5) is 4.81. The number of nitrogens with one attached hydrogen (secondary N) is 2. The van der Waals surface area contributed by atoms with Crippen molar-refractivity contribution < 1.29 is 8.42 Å². The van der Waals surface area contributed by atoms with Gasteiger partial charge in [-0.25, -0.2) is 19.2 Å². The van der Waals surface area contributed by atoms with Gasteiger partial charge >= 0.3 is 0 Å². The van der Waals surface area contributed by atoms with Crippen LogP contribution < -0.4 is 16.0 Å². The molecule has 20 heavy (non-hydrogen) atoms. The summed E-state index contributed by atoms with van der Waals surface area (Å²) < 4.78 is 27.1. The summed E-state index contributed by atoms with van der Waals surface area (Å²) in [5, 5.41) is 0. The Labute approximate surface area is 121 Å². The molecule has 8 heteroatoms. The number of para-hydroxylation sites is 1. The van der Waals surface area contributed by atoms with Crippen molar-refractivity contribution in [2.45, 2.75) is 9.79 Å². The van der Waals surface area contributed by atoms with Crippen molar-refractivity contribution >= 4 is 33.3 Å². The van der Waals surface area contributed by atoms with E-state index in [4.69, 9.17) is 5.84 Å². The summed E-state index contributed by atoms with van der Waals surface area (Å²) >= 11 is 1.47. The highest BCUT2D eigenvalue weighted by atomic mass is 32.2. The summed E-state index contributed by atoms with van der Waals surface area (Å²) in [7, 11) is -3.67. The molecule has 0 spiro atoms. The van der Waals surface area contributed by atoms with Crippen LogP contribution in [-0.2, 0) is 10.0 Å². The number of hydrazine groups is 1. The second kappa shape index (κ2) is 6.12. The fourth-order valence-corrected chi connectivity index (χ4v) is 3.20. The smallest absolute Gasteiger partial charge is 0.263 e. The molecule has 0 bridgehead atoms. The summed E-state index contributed by atoms with van der Waals surface area (Å²) in [6, 6.07) is 10.1. The number of nitrogen functional groups attached to an aromatic ring is 1. The lowest BCUT2D eigenvalue weighted by atomic mass is 10.3. The third-order valence-electron chi connectivity index (χ3n) is 2.55. The molecule has 2 rings (SSSR count). The highest BCUT2D eigenvalue weighted by Gasteiger charge is 2.16. The van der Waals surface area contributed by atoms with Crippen molar-refractivity contribution in [2.75, 3.05) is 16.4 Å². The molecular weight excluding hydrogens is 296 g/mol. The second-order valence-electron chi connectivity index (χ2n) is 3.83. The van der Waals surface area contributed by atoms with Crippen LogP contribution in [0.15, 0.2) is 52.4 Å². The van der Waals surface area contributed by atoms with Crippen molar-refractivity contribution in [3.05, 3.63) is 42.6 Å². The van der Waals surface area contributed by atoms with E-state index in [1.165, 1.54) is 30.1 Å². The van der Waals surface area contributed by atoms with Gasteiger partial charge in [0.05, 0.1) is 5.69 Å². The molecule has 1 heterocycles. The number of anilines is 2. The van der Waals surface area contributed by atoms with Crippen LogP contribution in [0.4, 0.5) is 11.5 Å². The molecule has 0 amide bonds. The summed E-state index contributed by atoms with van der Waals surface area (Å²) in [6.45, 7) is 0. The summed E-state index contributed by atoms with van der Waals surface area (Å²) in [5.41, 5.74) is 2.89. The van der Waals surface area contributed by atoms with E-state index in [1.54, 1.807) is 12.1 Å². The maximum absolute atomic E-state index is 12.3. The summed E-state index contributed by atoms with van der Waals surface area (Å²) in [6.07, 6.45) is 3.13. The minimum atomic E-state index is -3.67. The minimum Gasteiger partial charge on any atom is -0.308 e. The van der Waals surface area contributed by atoms with E-state index in [0.717, 1.165) is 4.90 Å². The van der Waals surface area contributed by atoms with Crippen molar-refractivity contribution in [3.8, 4) is 0 Å². The number of nitrogens with two attached hydrogens (primary N) is 1. The van der Waals surface area contributed by atoms with Gasteiger partial charge in [-0.15, -0.1) is 11.8 Å². The minimum absolute atomic E-state index is 0.0763. The van der Waals surface area contributed by atoms with Gasteiger partial charge in [-0.05, 0) is 30.5 Å². The average Bonchev–Trinajstić information content (AvgIpc) is 2.47. The molecule has 4 N–H and O–H groups in total. The Hall–Kier alpha value is -1.77. The maximum Gasteiger partial charge on any atom is 0.263 e. The van der Waals surface area contributed by atoms with Crippen LogP contribution in [0, 0.1) is 0 Å². The average molecular weight is 310 g/mol. The van der Waals surface area contributed by atoms with Gasteiger partial charge in [-0.1, -0.05) is 12.1 Å². The predicted molar refractivity (Wildman–Crippen MR) is 81.1 cm³/mol. The molecule has 0 saturated heterocycles. The Morgan fingerprint density at radius 2 is 1.95 bits per heavy atom. The van der Waals surface area contributed by atoms with Crippen LogP contribution in [0.25, 0.3) is 0 Å². The lowest BCUT2D eigenvalue weighted by molar-refractivity contribution is 0.600. The SMILES string of the molecule is CSc1ccccc1NS(=O)(=O)c1ccc(NN)nc1. The van der Waals surface area contributed by atoms with Crippen LogP contribution >= 0.6 is 11.8 Å². The molecule has 0 aliphatic rings. The largest absolute Gasteiger partial charge is 0.308 e. The molecule has 0 aliphatic carbocycles. The number of nitrogens with zero attached hydrogens (tertiary/aromatic N) is 1. The number of pyridine rings is 1. The standard InChI is InChI=1S/C12H14N4O2S2/c1-19-11-5-3-2-4-10(11)16-20(17,18)9-6-7-12(15-13)14-8-9/h2-8,16H,13H2,1H3,(H,14,15). The number of thioether (sulfide) groups is 1. The Balaban J connectivity index is 2.30. The van der Waals surface area contributed by atoms with E-state index in [-0.39, 0.29) is 4.90 Å². The van der Waals surface area contributed by atoms with Crippen LogP contribution in [0.2, 0.25) is 0 Å². The van der Waals surface area contributed by atoms with Gasteiger partial charge in [0, 0.05) is 11.1 Å². The normalized spacial score (nSPS) is 11.1. The fourth-order valence-electron chi connectivity index (χ4n) is 1.56. The van der Waals surface area contributed by atoms with Crippen molar-refractivity contribution in [2.24, 2.45) is 5.84 Å². The Bertz CT molecular complexity index is 687. The van der Waals surface area contributed by atoms with Gasteiger partial charge in [0.1, 0.15) is 10.7 Å². The van der Waals surface area contributed by atoms with Crippen LogP contribution in [0.3, 0.4) is 0 Å². The third-order valence-corrected chi connectivity index (χ3v) is 4.69. The maximum atomic E-state index is 12.3. The van der Waals surface area contributed by atoms with Crippen molar-refractivity contribution in [3.63, 3.8) is 0 Å². The molecule has 0 atom stereocenters. The number of aromatic nitrogens is 1. The molecule has 0 radical (unpaired) electrons. The van der Waals surface area contributed by atoms with Crippen molar-refractivity contribution in [1.82, 2.24) is 4.98 Å². The zero-order valence-corrected chi connectivity index (χ0v) is 12.3. The summed E-state index contributed by atoms with van der Waals surface area (Å²) in [5.74, 6) is 5.59. The van der Waals surface area contributed by atoms with Gasteiger partial charge in [-0.2, -0.15) is 0 Å². The Kier molecular flexibility index (Phi) is 4.48. The fraction of sp³-hybridized carbons (Fsp3) is 0.0833. The molecule has 0 unspecified atom stereocenters. The Morgan fingerprint density at radius 3 is 2.55 bits per heavy atom. The number of sulfonamides is 1. The second-order valence-corrected chi connectivity index (χ2v) is 6.36. The van der Waals surface area contributed by atoms with Gasteiger partial charge in [-0.3, -0.25) is 4.72 Å². The molecule has 1 aromatic heterocycles. The first-order chi connectivity index (χ1) is 9.56. The molecule has 106 valence electrons. The van der Waals surface area contributed by atoms with E-state index in [9.17, 15) is 8.42 Å². The van der Waals surface area contributed by atoms with E-state index in [2.05, 4.69) is 15.1 Å². The van der Waals surface area contributed by atoms with E-state index < -0.39 is 10.0 Å². The first-order valence-electron chi connectivity index (χ1n) is 5.65. The molecule has 2 aromatic rings. The Morgan fingerprint density at radius 1 is 1.20 bits per heavy atom. The van der Waals surface area contributed by atoms with Crippen LogP contribution in [0.5, 0.6) is 0 Å². The van der Waals surface area contributed by atoms with Gasteiger partial charge in [0.15, 0.2) is 0 Å². The molecule has 0 fully saturated rings. The predicted octanol–water partition coefficient (Wildman–Crippen LogP) is 1.89. The number of hydrogen-bond acceptors (Lipinski definition) is 6. The number of rotatable bonds is 5. The van der Waals surface area contributed by atoms with Gasteiger partial charge in [0.25, 0.3) is 10.0 Å². The van der Waals surface area contributed by atoms with E-state index in [1.807, 2.05) is 18.4 Å². The lowest BCUT2D eigenvalue weighted by Gasteiger charge is -2.11. The zero-order chi connectivity index (χ0) is 14.6. The molecule has 0 saturated carbocycles. The monoisotopic (exact) mass is 310 g/mol. The molecule has 6 nitrogen and oxygen atoms in total. The zero-order valence-electron chi connectivity index (χ0n) is 10.7. The first-order valence-corrected chi connectivity index (χ1v) is 8.36. The molecular formula is C12H14N4O2S2. The third kappa shape index (κ3) is 3.21. The topological polar surface area (TPSA) is 97.1 Å². The highest BCUT2D eigenvalue weighted by Crippen LogP contribution is 2.26. The lowest BCUT2D eigenvalue weighted by Crippen LogP contribution is -2.14. The van der Waals surface area contributed by atoms with Crippen molar-refractivity contribution in [1.29, 1.82) is 0 Å². The van der Waals surface area contributed by atoms with E-state index in [0.29, 0.717) is 11.5 Å². The number of hydrogen-bond donors (Lipinski definition) is 3.